The monoisotopic (exact) mass is 258 g/mol. The zero-order valence-electron chi connectivity index (χ0n) is 11.4. The number of benzene rings is 1. The third-order valence-corrected chi connectivity index (χ3v) is 4.75. The Hall–Kier alpha value is -1.51. The highest BCUT2D eigenvalue weighted by Crippen LogP contribution is 2.55. The van der Waals surface area contributed by atoms with E-state index >= 15 is 0 Å². The Morgan fingerprint density at radius 1 is 1.21 bits per heavy atom. The van der Waals surface area contributed by atoms with Gasteiger partial charge in [0.15, 0.2) is 0 Å². The van der Waals surface area contributed by atoms with Gasteiger partial charge in [-0.2, -0.15) is 0 Å². The van der Waals surface area contributed by atoms with Crippen LogP contribution in [0.15, 0.2) is 24.3 Å². The molecule has 0 aliphatic heterocycles. The van der Waals surface area contributed by atoms with Gasteiger partial charge in [-0.15, -0.1) is 0 Å². The average Bonchev–Trinajstić information content (AvgIpc) is 3.13. The summed E-state index contributed by atoms with van der Waals surface area (Å²) in [4.78, 5) is 12.3. The topological polar surface area (TPSA) is 55.1 Å². The van der Waals surface area contributed by atoms with E-state index in [-0.39, 0.29) is 11.9 Å². The van der Waals surface area contributed by atoms with Gasteiger partial charge in [-0.25, -0.2) is 0 Å². The smallest absolute Gasteiger partial charge is 0.224 e. The molecule has 3 N–H and O–H groups in total. The summed E-state index contributed by atoms with van der Waals surface area (Å²) < 4.78 is 0. The molecule has 2 fully saturated rings. The number of rotatable bonds is 3. The van der Waals surface area contributed by atoms with Gasteiger partial charge in [0.05, 0.1) is 6.04 Å². The Morgan fingerprint density at radius 3 is 2.37 bits per heavy atom. The largest absolute Gasteiger partial charge is 0.399 e. The van der Waals surface area contributed by atoms with Crippen LogP contribution in [0.5, 0.6) is 0 Å². The van der Waals surface area contributed by atoms with E-state index < -0.39 is 0 Å². The zero-order valence-corrected chi connectivity index (χ0v) is 11.4. The van der Waals surface area contributed by atoms with E-state index in [1.54, 1.807) is 0 Å². The van der Waals surface area contributed by atoms with Crippen LogP contribution in [-0.2, 0) is 4.79 Å². The summed E-state index contributed by atoms with van der Waals surface area (Å²) in [5.41, 5.74) is 7.55. The lowest BCUT2D eigenvalue weighted by Crippen LogP contribution is -2.28. The molecule has 2 saturated carbocycles. The second kappa shape index (κ2) is 4.87. The van der Waals surface area contributed by atoms with Gasteiger partial charge in [0, 0.05) is 11.6 Å². The highest BCUT2D eigenvalue weighted by molar-refractivity contribution is 5.82. The third-order valence-electron chi connectivity index (χ3n) is 4.75. The molecule has 0 saturated heterocycles. The number of hydrogen-bond acceptors (Lipinski definition) is 2. The minimum absolute atomic E-state index is 0.0655. The maximum atomic E-state index is 12.3. The molecule has 1 aromatic carbocycles. The van der Waals surface area contributed by atoms with Gasteiger partial charge < -0.3 is 11.1 Å². The van der Waals surface area contributed by atoms with Crippen LogP contribution < -0.4 is 11.1 Å². The first-order chi connectivity index (χ1) is 9.16. The van der Waals surface area contributed by atoms with Crippen LogP contribution in [0.4, 0.5) is 5.69 Å². The minimum Gasteiger partial charge on any atom is -0.399 e. The van der Waals surface area contributed by atoms with Crippen molar-refractivity contribution >= 4 is 11.6 Å². The molecule has 3 rings (SSSR count). The molecule has 0 aromatic heterocycles. The van der Waals surface area contributed by atoms with Crippen molar-refractivity contribution in [2.75, 3.05) is 5.73 Å². The first-order valence-electron chi connectivity index (χ1n) is 7.32. The number of hydrogen-bond donors (Lipinski definition) is 2. The zero-order chi connectivity index (χ0) is 13.4. The Morgan fingerprint density at radius 2 is 1.79 bits per heavy atom. The van der Waals surface area contributed by atoms with E-state index in [0.717, 1.165) is 11.3 Å². The Labute approximate surface area is 114 Å². The summed E-state index contributed by atoms with van der Waals surface area (Å²) in [5, 5.41) is 3.15. The number of carbonyl (C=O) groups is 1. The number of carbonyl (C=O) groups excluding carboxylic acids is 1. The molecule has 2 aliphatic rings. The number of nitrogen functional groups attached to an aromatic ring is 1. The van der Waals surface area contributed by atoms with Crippen LogP contribution in [-0.4, -0.2) is 5.91 Å². The van der Waals surface area contributed by atoms with Crippen LogP contribution in [0, 0.1) is 17.8 Å². The molecule has 0 spiro atoms. The van der Waals surface area contributed by atoms with Gasteiger partial charge >= 0.3 is 0 Å². The van der Waals surface area contributed by atoms with Crippen molar-refractivity contribution in [1.82, 2.24) is 5.32 Å². The fraction of sp³-hybridized carbons (Fsp3) is 0.562. The molecule has 1 aromatic rings. The molecule has 2 aliphatic carbocycles. The number of nitrogens with two attached hydrogens (primary N) is 1. The van der Waals surface area contributed by atoms with Crippen LogP contribution in [0.2, 0.25) is 0 Å². The maximum absolute atomic E-state index is 12.3. The fourth-order valence-electron chi connectivity index (χ4n) is 3.56. The standard InChI is InChI=1S/C16H22N2O/c1-10(11-6-8-12(17)9-7-11)18-16(19)15-13-4-2-3-5-14(13)15/h6-10,13-15H,2-5,17H2,1H3,(H,18,19). The normalized spacial score (nSPS) is 30.3. The quantitative estimate of drug-likeness (QED) is 0.819. The van der Waals surface area contributed by atoms with Crippen LogP contribution in [0.3, 0.4) is 0 Å². The summed E-state index contributed by atoms with van der Waals surface area (Å²) in [6.45, 7) is 2.04. The summed E-state index contributed by atoms with van der Waals surface area (Å²) in [6, 6.07) is 7.81. The highest BCUT2D eigenvalue weighted by atomic mass is 16.2. The molecule has 3 unspecified atom stereocenters. The van der Waals surface area contributed by atoms with Crippen LogP contribution in [0.25, 0.3) is 0 Å². The fourth-order valence-corrected chi connectivity index (χ4v) is 3.56. The molecule has 3 atom stereocenters. The predicted molar refractivity (Wildman–Crippen MR) is 76.4 cm³/mol. The van der Waals surface area contributed by atoms with E-state index in [1.165, 1.54) is 25.7 Å². The van der Waals surface area contributed by atoms with Crippen molar-refractivity contribution in [2.45, 2.75) is 38.6 Å². The summed E-state index contributed by atoms with van der Waals surface area (Å²) in [5.74, 6) is 1.89. The van der Waals surface area contributed by atoms with E-state index in [2.05, 4.69) is 5.32 Å². The summed E-state index contributed by atoms with van der Waals surface area (Å²) in [6.07, 6.45) is 5.11. The van der Waals surface area contributed by atoms with E-state index in [1.807, 2.05) is 31.2 Å². The van der Waals surface area contributed by atoms with Gasteiger partial charge in [0.2, 0.25) is 5.91 Å². The molecule has 0 radical (unpaired) electrons. The molecule has 19 heavy (non-hydrogen) atoms. The number of fused-ring (bicyclic) bond motifs is 1. The molecule has 102 valence electrons. The second-order valence-electron chi connectivity index (χ2n) is 6.03. The SMILES string of the molecule is CC(NC(=O)C1C2CCCCC21)c1ccc(N)cc1. The van der Waals surface area contributed by atoms with Crippen molar-refractivity contribution in [3.05, 3.63) is 29.8 Å². The van der Waals surface area contributed by atoms with Crippen LogP contribution in [0.1, 0.15) is 44.2 Å². The van der Waals surface area contributed by atoms with Gasteiger partial charge in [-0.1, -0.05) is 25.0 Å². The van der Waals surface area contributed by atoms with E-state index in [0.29, 0.717) is 17.8 Å². The molecule has 1 amide bonds. The van der Waals surface area contributed by atoms with E-state index in [4.69, 9.17) is 5.73 Å². The lowest BCUT2D eigenvalue weighted by molar-refractivity contribution is -0.123. The maximum Gasteiger partial charge on any atom is 0.224 e. The molecule has 0 bridgehead atoms. The molecule has 0 heterocycles. The van der Waals surface area contributed by atoms with Crippen molar-refractivity contribution in [1.29, 1.82) is 0 Å². The van der Waals surface area contributed by atoms with Crippen molar-refractivity contribution in [3.63, 3.8) is 0 Å². The molecule has 3 heteroatoms. The van der Waals surface area contributed by atoms with Gasteiger partial charge in [0.1, 0.15) is 0 Å². The Kier molecular flexibility index (Phi) is 3.21. The lowest BCUT2D eigenvalue weighted by atomic mass is 10.0. The van der Waals surface area contributed by atoms with Gasteiger partial charge in [-0.05, 0) is 49.3 Å². The number of amides is 1. The molecular formula is C16H22N2O. The van der Waals surface area contributed by atoms with Gasteiger partial charge in [0.25, 0.3) is 0 Å². The van der Waals surface area contributed by atoms with Crippen molar-refractivity contribution in [3.8, 4) is 0 Å². The lowest BCUT2D eigenvalue weighted by Gasteiger charge is -2.14. The average molecular weight is 258 g/mol. The molecule has 3 nitrogen and oxygen atoms in total. The highest BCUT2D eigenvalue weighted by Gasteiger charge is 2.54. The van der Waals surface area contributed by atoms with Crippen molar-refractivity contribution < 1.29 is 4.79 Å². The summed E-state index contributed by atoms with van der Waals surface area (Å²) in [7, 11) is 0. The predicted octanol–water partition coefficient (Wildman–Crippen LogP) is 2.88. The summed E-state index contributed by atoms with van der Waals surface area (Å²) >= 11 is 0. The van der Waals surface area contributed by atoms with E-state index in [9.17, 15) is 4.79 Å². The number of nitrogens with one attached hydrogen (secondary N) is 1. The Bertz CT molecular complexity index is 456. The second-order valence-corrected chi connectivity index (χ2v) is 6.03. The van der Waals surface area contributed by atoms with Crippen LogP contribution >= 0.6 is 0 Å². The van der Waals surface area contributed by atoms with Gasteiger partial charge in [-0.3, -0.25) is 4.79 Å². The Balaban J connectivity index is 1.59. The minimum atomic E-state index is 0.0655. The first-order valence-corrected chi connectivity index (χ1v) is 7.32. The molecular weight excluding hydrogens is 236 g/mol. The number of anilines is 1. The third kappa shape index (κ3) is 2.46. The van der Waals surface area contributed by atoms with Crippen molar-refractivity contribution in [2.24, 2.45) is 17.8 Å². The first kappa shape index (κ1) is 12.5.